The number of hydrogen-bond acceptors (Lipinski definition) is 2. The SMILES string of the molecule is O=C(C=Cc1ccc(F)cc1)NCCC(=O)N1CCCC1. The van der Waals surface area contributed by atoms with Crippen LogP contribution in [-0.4, -0.2) is 36.3 Å². The third-order valence-corrected chi connectivity index (χ3v) is 3.39. The molecule has 1 aliphatic rings. The molecule has 0 spiro atoms. The van der Waals surface area contributed by atoms with Crippen LogP contribution in [0.1, 0.15) is 24.8 Å². The molecule has 0 atom stereocenters. The number of rotatable bonds is 5. The van der Waals surface area contributed by atoms with E-state index in [1.54, 1.807) is 18.2 Å². The van der Waals surface area contributed by atoms with Gasteiger partial charge in [-0.3, -0.25) is 9.59 Å². The number of carbonyl (C=O) groups excluding carboxylic acids is 2. The van der Waals surface area contributed by atoms with Crippen molar-refractivity contribution < 1.29 is 14.0 Å². The highest BCUT2D eigenvalue weighted by molar-refractivity contribution is 5.92. The molecule has 112 valence electrons. The summed E-state index contributed by atoms with van der Waals surface area (Å²) in [4.78, 5) is 25.2. The lowest BCUT2D eigenvalue weighted by atomic mass is 10.2. The van der Waals surface area contributed by atoms with Crippen molar-refractivity contribution in [2.75, 3.05) is 19.6 Å². The molecule has 4 nitrogen and oxygen atoms in total. The van der Waals surface area contributed by atoms with Crippen molar-refractivity contribution in [1.29, 1.82) is 0 Å². The van der Waals surface area contributed by atoms with E-state index in [1.807, 2.05) is 4.90 Å². The van der Waals surface area contributed by atoms with E-state index >= 15 is 0 Å². The van der Waals surface area contributed by atoms with Crippen LogP contribution >= 0.6 is 0 Å². The summed E-state index contributed by atoms with van der Waals surface area (Å²) in [6.45, 7) is 2.00. The number of amides is 2. The van der Waals surface area contributed by atoms with Crippen LogP contribution in [0.2, 0.25) is 0 Å². The van der Waals surface area contributed by atoms with Gasteiger partial charge >= 0.3 is 0 Å². The lowest BCUT2D eigenvalue weighted by Crippen LogP contribution is -2.32. The predicted octanol–water partition coefficient (Wildman–Crippen LogP) is 1.97. The summed E-state index contributed by atoms with van der Waals surface area (Å²) in [7, 11) is 0. The van der Waals surface area contributed by atoms with Gasteiger partial charge in [-0.15, -0.1) is 0 Å². The molecule has 1 aromatic rings. The highest BCUT2D eigenvalue weighted by Crippen LogP contribution is 2.08. The maximum Gasteiger partial charge on any atom is 0.244 e. The van der Waals surface area contributed by atoms with Gasteiger partial charge in [-0.1, -0.05) is 12.1 Å². The Labute approximate surface area is 123 Å². The second-order valence-electron chi connectivity index (χ2n) is 5.01. The first kappa shape index (κ1) is 15.2. The van der Waals surface area contributed by atoms with Gasteiger partial charge in [0.25, 0.3) is 0 Å². The molecular weight excluding hydrogens is 271 g/mol. The zero-order valence-electron chi connectivity index (χ0n) is 11.8. The lowest BCUT2D eigenvalue weighted by molar-refractivity contribution is -0.130. The van der Waals surface area contributed by atoms with Crippen LogP contribution in [0.25, 0.3) is 6.08 Å². The van der Waals surface area contributed by atoms with Crippen LogP contribution in [0.15, 0.2) is 30.3 Å². The summed E-state index contributed by atoms with van der Waals surface area (Å²) in [5.74, 6) is -0.471. The van der Waals surface area contributed by atoms with Crippen LogP contribution < -0.4 is 5.32 Å². The largest absolute Gasteiger partial charge is 0.352 e. The molecule has 2 amide bonds. The van der Waals surface area contributed by atoms with E-state index in [4.69, 9.17) is 0 Å². The Kier molecular flexibility index (Phi) is 5.49. The van der Waals surface area contributed by atoms with Gasteiger partial charge in [-0.25, -0.2) is 4.39 Å². The fraction of sp³-hybridized carbons (Fsp3) is 0.375. The summed E-state index contributed by atoms with van der Waals surface area (Å²) in [5.41, 5.74) is 0.750. The molecule has 1 aromatic carbocycles. The molecule has 2 rings (SSSR count). The van der Waals surface area contributed by atoms with Gasteiger partial charge in [0, 0.05) is 32.1 Å². The molecule has 0 unspecified atom stereocenters. The molecule has 1 saturated heterocycles. The van der Waals surface area contributed by atoms with Crippen LogP contribution in [0.3, 0.4) is 0 Å². The molecule has 21 heavy (non-hydrogen) atoms. The van der Waals surface area contributed by atoms with Crippen molar-refractivity contribution in [2.45, 2.75) is 19.3 Å². The normalized spacial score (nSPS) is 14.6. The molecule has 1 heterocycles. The second kappa shape index (κ2) is 7.57. The third-order valence-electron chi connectivity index (χ3n) is 3.39. The van der Waals surface area contributed by atoms with Crippen molar-refractivity contribution in [1.82, 2.24) is 10.2 Å². The minimum atomic E-state index is -0.308. The fourth-order valence-corrected chi connectivity index (χ4v) is 2.22. The van der Waals surface area contributed by atoms with Crippen molar-refractivity contribution in [3.63, 3.8) is 0 Å². The quantitative estimate of drug-likeness (QED) is 0.843. The first-order valence-corrected chi connectivity index (χ1v) is 7.14. The van der Waals surface area contributed by atoms with Crippen molar-refractivity contribution in [3.8, 4) is 0 Å². The maximum absolute atomic E-state index is 12.7. The molecular formula is C16H19FN2O2. The number of carbonyl (C=O) groups is 2. The number of halogens is 1. The molecule has 0 aliphatic carbocycles. The van der Waals surface area contributed by atoms with E-state index in [2.05, 4.69) is 5.32 Å². The van der Waals surface area contributed by atoms with Crippen LogP contribution in [-0.2, 0) is 9.59 Å². The van der Waals surface area contributed by atoms with E-state index in [9.17, 15) is 14.0 Å². The lowest BCUT2D eigenvalue weighted by Gasteiger charge is -2.14. The number of hydrogen-bond donors (Lipinski definition) is 1. The standard InChI is InChI=1S/C16H19FN2O2/c17-14-6-3-13(4-7-14)5-8-15(20)18-10-9-16(21)19-11-1-2-12-19/h3-8H,1-2,9-12H2,(H,18,20). The van der Waals surface area contributed by atoms with E-state index in [0.717, 1.165) is 31.5 Å². The monoisotopic (exact) mass is 290 g/mol. The van der Waals surface area contributed by atoms with Gasteiger partial charge in [0.15, 0.2) is 0 Å². The molecule has 1 N–H and O–H groups in total. The second-order valence-corrected chi connectivity index (χ2v) is 5.01. The fourth-order valence-electron chi connectivity index (χ4n) is 2.22. The molecule has 1 fully saturated rings. The molecule has 1 aliphatic heterocycles. The predicted molar refractivity (Wildman–Crippen MR) is 78.9 cm³/mol. The number of nitrogens with one attached hydrogen (secondary N) is 1. The molecule has 5 heteroatoms. The van der Waals surface area contributed by atoms with E-state index in [-0.39, 0.29) is 17.6 Å². The first-order valence-electron chi connectivity index (χ1n) is 7.14. The zero-order valence-corrected chi connectivity index (χ0v) is 11.8. The van der Waals surface area contributed by atoms with Crippen molar-refractivity contribution >= 4 is 17.9 Å². The Hall–Kier alpha value is -2.17. The number of benzene rings is 1. The summed E-state index contributed by atoms with van der Waals surface area (Å²) in [6.07, 6.45) is 5.46. The van der Waals surface area contributed by atoms with E-state index < -0.39 is 0 Å². The summed E-state index contributed by atoms with van der Waals surface area (Å²) < 4.78 is 12.7. The van der Waals surface area contributed by atoms with Crippen LogP contribution in [0, 0.1) is 5.82 Å². The topological polar surface area (TPSA) is 49.4 Å². The maximum atomic E-state index is 12.7. The molecule has 0 bridgehead atoms. The van der Waals surface area contributed by atoms with Gasteiger partial charge in [-0.2, -0.15) is 0 Å². The van der Waals surface area contributed by atoms with Gasteiger partial charge in [0.2, 0.25) is 11.8 Å². The smallest absolute Gasteiger partial charge is 0.244 e. The van der Waals surface area contributed by atoms with Gasteiger partial charge < -0.3 is 10.2 Å². The average Bonchev–Trinajstić information content (AvgIpc) is 3.01. The molecule has 0 aromatic heterocycles. The van der Waals surface area contributed by atoms with E-state index in [1.165, 1.54) is 18.2 Å². The van der Waals surface area contributed by atoms with E-state index in [0.29, 0.717) is 13.0 Å². The minimum absolute atomic E-state index is 0.0929. The minimum Gasteiger partial charge on any atom is -0.352 e. The Morgan fingerprint density at radius 3 is 2.52 bits per heavy atom. The highest BCUT2D eigenvalue weighted by Gasteiger charge is 2.17. The Morgan fingerprint density at radius 1 is 1.19 bits per heavy atom. The zero-order chi connectivity index (χ0) is 15.1. The Balaban J connectivity index is 1.69. The first-order chi connectivity index (χ1) is 10.1. The summed E-state index contributed by atoms with van der Waals surface area (Å²) in [5, 5.41) is 2.67. The average molecular weight is 290 g/mol. The van der Waals surface area contributed by atoms with Crippen molar-refractivity contribution in [3.05, 3.63) is 41.7 Å². The molecule has 0 radical (unpaired) electrons. The van der Waals surface area contributed by atoms with Crippen molar-refractivity contribution in [2.24, 2.45) is 0 Å². The van der Waals surface area contributed by atoms with Gasteiger partial charge in [-0.05, 0) is 36.6 Å². The Morgan fingerprint density at radius 2 is 1.86 bits per heavy atom. The van der Waals surface area contributed by atoms with Crippen LogP contribution in [0.4, 0.5) is 4.39 Å². The summed E-state index contributed by atoms with van der Waals surface area (Å²) in [6, 6.07) is 5.87. The number of nitrogens with zero attached hydrogens (tertiary/aromatic N) is 1. The summed E-state index contributed by atoms with van der Waals surface area (Å²) >= 11 is 0. The van der Waals surface area contributed by atoms with Gasteiger partial charge in [0.1, 0.15) is 5.82 Å². The molecule has 0 saturated carbocycles. The van der Waals surface area contributed by atoms with Gasteiger partial charge in [0.05, 0.1) is 0 Å². The third kappa shape index (κ3) is 5.02. The van der Waals surface area contributed by atoms with Crippen LogP contribution in [0.5, 0.6) is 0 Å². The highest BCUT2D eigenvalue weighted by atomic mass is 19.1. The Bertz CT molecular complexity index is 520. The number of likely N-dealkylation sites (tertiary alicyclic amines) is 1.